The molecule has 1 aliphatic rings. The summed E-state index contributed by atoms with van der Waals surface area (Å²) >= 11 is 5.66. The molecule has 0 aliphatic heterocycles. The lowest BCUT2D eigenvalue weighted by Gasteiger charge is -2.07. The fourth-order valence-corrected chi connectivity index (χ4v) is 2.25. The Kier molecular flexibility index (Phi) is 4.81. The zero-order valence-corrected chi connectivity index (χ0v) is 13.0. The van der Waals surface area contributed by atoms with Crippen LogP contribution in [0.25, 0.3) is 0 Å². The molecule has 0 unspecified atom stereocenters. The van der Waals surface area contributed by atoms with Gasteiger partial charge in [-0.3, -0.25) is 4.79 Å². The van der Waals surface area contributed by atoms with Gasteiger partial charge in [-0.2, -0.15) is 0 Å². The van der Waals surface area contributed by atoms with Gasteiger partial charge in [-0.25, -0.2) is 0 Å². The van der Waals surface area contributed by atoms with Gasteiger partial charge in [-0.15, -0.1) is 0 Å². The van der Waals surface area contributed by atoms with Gasteiger partial charge < -0.3 is 10.6 Å². The van der Waals surface area contributed by atoms with Crippen molar-refractivity contribution in [2.45, 2.75) is 12.8 Å². The third kappa shape index (κ3) is 4.56. The van der Waals surface area contributed by atoms with Gasteiger partial charge in [0.05, 0.1) is 6.54 Å². The van der Waals surface area contributed by atoms with Crippen LogP contribution in [0.5, 0.6) is 0 Å². The predicted molar refractivity (Wildman–Crippen MR) is 81.1 cm³/mol. The first-order valence-corrected chi connectivity index (χ1v) is 7.48. The Morgan fingerprint density at radius 1 is 1.47 bits per heavy atom. The zero-order valence-electron chi connectivity index (χ0n) is 9.30. The van der Waals surface area contributed by atoms with E-state index in [1.165, 1.54) is 12.8 Å². The van der Waals surface area contributed by atoms with Gasteiger partial charge in [-0.1, -0.05) is 0 Å². The fraction of sp³-hybridized carbons (Fsp3) is 0.417. The van der Waals surface area contributed by atoms with Gasteiger partial charge in [0, 0.05) is 13.7 Å². The molecule has 2 rings (SSSR count). The van der Waals surface area contributed by atoms with Gasteiger partial charge in [0.25, 0.3) is 0 Å². The number of rotatable bonds is 5. The van der Waals surface area contributed by atoms with Crippen molar-refractivity contribution in [3.63, 3.8) is 0 Å². The van der Waals surface area contributed by atoms with Gasteiger partial charge in [-0.05, 0) is 82.0 Å². The van der Waals surface area contributed by atoms with E-state index < -0.39 is 0 Å². The van der Waals surface area contributed by atoms with Gasteiger partial charge >= 0.3 is 0 Å². The summed E-state index contributed by atoms with van der Waals surface area (Å²) in [7, 11) is 0. The molecule has 92 valence electrons. The van der Waals surface area contributed by atoms with E-state index in [1.54, 1.807) is 0 Å². The molecule has 0 spiro atoms. The number of halogens is 2. The Labute approximate surface area is 123 Å². The van der Waals surface area contributed by atoms with E-state index in [-0.39, 0.29) is 5.91 Å². The summed E-state index contributed by atoms with van der Waals surface area (Å²) < 4.78 is 2.13. The lowest BCUT2D eigenvalue weighted by Crippen LogP contribution is -2.29. The molecule has 17 heavy (non-hydrogen) atoms. The Morgan fingerprint density at radius 3 is 2.88 bits per heavy atom. The second kappa shape index (κ2) is 6.15. The van der Waals surface area contributed by atoms with Crippen molar-refractivity contribution in [2.24, 2.45) is 5.92 Å². The highest BCUT2D eigenvalue weighted by atomic mass is 127. The number of benzene rings is 1. The lowest BCUT2D eigenvalue weighted by atomic mass is 10.3. The summed E-state index contributed by atoms with van der Waals surface area (Å²) in [4.78, 5) is 11.6. The molecule has 3 nitrogen and oxygen atoms in total. The van der Waals surface area contributed by atoms with Crippen LogP contribution >= 0.6 is 38.5 Å². The van der Waals surface area contributed by atoms with Gasteiger partial charge in [0.2, 0.25) is 5.91 Å². The molecule has 5 heteroatoms. The van der Waals surface area contributed by atoms with E-state index in [4.69, 9.17) is 0 Å². The van der Waals surface area contributed by atoms with Gasteiger partial charge in [0.1, 0.15) is 0 Å². The summed E-state index contributed by atoms with van der Waals surface area (Å²) in [5.74, 6) is 0.820. The minimum Gasteiger partial charge on any atom is -0.325 e. The molecule has 2 N–H and O–H groups in total. The predicted octanol–water partition coefficient (Wildman–Crippen LogP) is 2.99. The molecule has 1 amide bonds. The third-order valence-corrected chi connectivity index (χ3v) is 4.94. The average molecular weight is 409 g/mol. The van der Waals surface area contributed by atoms with Crippen molar-refractivity contribution in [1.82, 2.24) is 5.32 Å². The monoisotopic (exact) mass is 408 g/mol. The second-order valence-electron chi connectivity index (χ2n) is 4.25. The van der Waals surface area contributed by atoms with E-state index in [0.29, 0.717) is 6.54 Å². The maximum Gasteiger partial charge on any atom is 0.238 e. The normalized spacial score (nSPS) is 14.7. The number of carbonyl (C=O) groups excluding carboxylic acids is 1. The molecule has 1 aromatic carbocycles. The van der Waals surface area contributed by atoms with E-state index in [0.717, 1.165) is 26.2 Å². The number of carbonyl (C=O) groups is 1. The minimum absolute atomic E-state index is 0.0174. The van der Waals surface area contributed by atoms with Gasteiger partial charge in [0.15, 0.2) is 0 Å². The molecule has 0 radical (unpaired) electrons. The van der Waals surface area contributed by atoms with Crippen LogP contribution in [0.3, 0.4) is 0 Å². The van der Waals surface area contributed by atoms with Crippen molar-refractivity contribution in [3.8, 4) is 0 Å². The standard InChI is InChI=1S/C12H14BrIN2O/c13-10-4-3-9(5-11(10)14)16-12(17)7-15-6-8-1-2-8/h3-5,8,15H,1-2,6-7H2,(H,16,17). The first-order valence-electron chi connectivity index (χ1n) is 5.61. The number of anilines is 1. The molecule has 0 saturated heterocycles. The van der Waals surface area contributed by atoms with Crippen LogP contribution in [0.2, 0.25) is 0 Å². The van der Waals surface area contributed by atoms with Crippen molar-refractivity contribution in [3.05, 3.63) is 26.2 Å². The molecule has 0 bridgehead atoms. The molecule has 1 saturated carbocycles. The number of amides is 1. The lowest BCUT2D eigenvalue weighted by molar-refractivity contribution is -0.115. The fourth-order valence-electron chi connectivity index (χ4n) is 1.49. The maximum absolute atomic E-state index is 11.6. The van der Waals surface area contributed by atoms with Crippen LogP contribution in [-0.2, 0) is 4.79 Å². The second-order valence-corrected chi connectivity index (χ2v) is 6.27. The Bertz CT molecular complexity index is 421. The largest absolute Gasteiger partial charge is 0.325 e. The van der Waals surface area contributed by atoms with E-state index in [1.807, 2.05) is 18.2 Å². The molecule has 0 atom stereocenters. The van der Waals surface area contributed by atoms with E-state index in [2.05, 4.69) is 49.2 Å². The van der Waals surface area contributed by atoms with Crippen LogP contribution in [0.4, 0.5) is 5.69 Å². The Hall–Kier alpha value is -0.140. The third-order valence-electron chi connectivity index (χ3n) is 2.62. The van der Waals surface area contributed by atoms with E-state index in [9.17, 15) is 4.79 Å². The first kappa shape index (κ1) is 13.3. The zero-order chi connectivity index (χ0) is 12.3. The van der Waals surface area contributed by atoms with Crippen LogP contribution in [0, 0.1) is 9.49 Å². The quantitative estimate of drug-likeness (QED) is 0.735. The highest BCUT2D eigenvalue weighted by molar-refractivity contribution is 14.1. The summed E-state index contributed by atoms with van der Waals surface area (Å²) in [6.45, 7) is 1.36. The SMILES string of the molecule is O=C(CNCC1CC1)Nc1ccc(Br)c(I)c1. The first-order chi connectivity index (χ1) is 8.15. The number of hydrogen-bond donors (Lipinski definition) is 2. The van der Waals surface area contributed by atoms with Crippen molar-refractivity contribution < 1.29 is 4.79 Å². The Balaban J connectivity index is 1.77. The molecule has 1 aromatic rings. The van der Waals surface area contributed by atoms with Crippen molar-refractivity contribution in [2.75, 3.05) is 18.4 Å². The summed E-state index contributed by atoms with van der Waals surface area (Å²) in [6.07, 6.45) is 2.61. The molecule has 1 aliphatic carbocycles. The summed E-state index contributed by atoms with van der Waals surface area (Å²) in [6, 6.07) is 5.78. The Morgan fingerprint density at radius 2 is 2.24 bits per heavy atom. The smallest absolute Gasteiger partial charge is 0.238 e. The molecule has 1 fully saturated rings. The van der Waals surface area contributed by atoms with Crippen molar-refractivity contribution >= 4 is 50.1 Å². The topological polar surface area (TPSA) is 41.1 Å². The molecular formula is C12H14BrIN2O. The number of hydrogen-bond acceptors (Lipinski definition) is 2. The summed E-state index contributed by atoms with van der Waals surface area (Å²) in [5.41, 5.74) is 0.843. The average Bonchev–Trinajstić information content (AvgIpc) is 3.07. The highest BCUT2D eigenvalue weighted by Gasteiger charge is 2.20. The van der Waals surface area contributed by atoms with Crippen LogP contribution in [0.15, 0.2) is 22.7 Å². The summed E-state index contributed by atoms with van der Waals surface area (Å²) in [5, 5.41) is 6.05. The van der Waals surface area contributed by atoms with Crippen LogP contribution in [0.1, 0.15) is 12.8 Å². The van der Waals surface area contributed by atoms with E-state index >= 15 is 0 Å². The highest BCUT2D eigenvalue weighted by Crippen LogP contribution is 2.27. The minimum atomic E-state index is 0.0174. The molecular weight excluding hydrogens is 395 g/mol. The molecule has 0 aromatic heterocycles. The van der Waals surface area contributed by atoms with Crippen LogP contribution in [-0.4, -0.2) is 19.0 Å². The van der Waals surface area contributed by atoms with Crippen LogP contribution < -0.4 is 10.6 Å². The number of nitrogens with one attached hydrogen (secondary N) is 2. The van der Waals surface area contributed by atoms with Crippen molar-refractivity contribution in [1.29, 1.82) is 0 Å². The maximum atomic E-state index is 11.6. The molecule has 0 heterocycles.